The number of hydrogen-bond donors (Lipinski definition) is 1. The average Bonchev–Trinajstić information content (AvgIpc) is 2.80. The zero-order chi connectivity index (χ0) is 21.9. The van der Waals surface area contributed by atoms with E-state index in [0.29, 0.717) is 13.2 Å². The molecule has 0 spiro atoms. The van der Waals surface area contributed by atoms with Gasteiger partial charge in [0.2, 0.25) is 0 Å². The molecule has 2 aliphatic rings. The quantitative estimate of drug-likeness (QED) is 0.374. The van der Waals surface area contributed by atoms with Crippen LogP contribution in [0, 0.1) is 5.92 Å². The van der Waals surface area contributed by atoms with Gasteiger partial charge in [0.1, 0.15) is 6.04 Å². The van der Waals surface area contributed by atoms with Crippen molar-refractivity contribution in [3.8, 4) is 0 Å². The Kier molecular flexibility index (Phi) is 9.66. The van der Waals surface area contributed by atoms with Crippen molar-refractivity contribution in [2.75, 3.05) is 13.2 Å². The number of hydrogen-bond acceptors (Lipinski definition) is 4. The lowest BCUT2D eigenvalue weighted by Crippen LogP contribution is -2.69. The Labute approximate surface area is 186 Å². The van der Waals surface area contributed by atoms with Crippen molar-refractivity contribution in [2.24, 2.45) is 5.92 Å². The Hall–Kier alpha value is -2.08. The highest BCUT2D eigenvalue weighted by Gasteiger charge is 2.47. The zero-order valence-electron chi connectivity index (χ0n) is 18.9. The number of benzene rings is 1. The van der Waals surface area contributed by atoms with Crippen LogP contribution >= 0.6 is 0 Å². The molecule has 1 N–H and O–H groups in total. The number of aryl methyl sites for hydroxylation is 1. The molecule has 1 aliphatic carbocycles. The van der Waals surface area contributed by atoms with Crippen LogP contribution in [-0.4, -0.2) is 42.4 Å². The fraction of sp³-hybridized carbons (Fsp3) is 0.680. The summed E-state index contributed by atoms with van der Waals surface area (Å²) in [6.07, 6.45) is 12.4. The number of hydroxylamine groups is 2. The van der Waals surface area contributed by atoms with Gasteiger partial charge in [0, 0.05) is 0 Å². The number of alkyl carbamates (subject to hydrolysis) is 1. The normalized spacial score (nSPS) is 21.6. The molecule has 2 amide bonds. The summed E-state index contributed by atoms with van der Waals surface area (Å²) in [5, 5.41) is 4.05. The predicted molar refractivity (Wildman–Crippen MR) is 120 cm³/mol. The molecule has 1 saturated carbocycles. The maximum atomic E-state index is 12.3. The largest absolute Gasteiger partial charge is 0.450 e. The summed E-state index contributed by atoms with van der Waals surface area (Å²) in [5.74, 6) is 0.658. The summed E-state index contributed by atoms with van der Waals surface area (Å²) in [6, 6.07) is 9.60. The number of carbonyl (C=O) groups is 2. The van der Waals surface area contributed by atoms with Gasteiger partial charge in [-0.3, -0.25) is 9.63 Å². The second-order valence-electron chi connectivity index (χ2n) is 8.94. The summed E-state index contributed by atoms with van der Waals surface area (Å²) in [4.78, 5) is 29.9. The molecule has 6 heteroatoms. The summed E-state index contributed by atoms with van der Waals surface area (Å²) < 4.78 is 5.26. The van der Waals surface area contributed by atoms with E-state index in [1.807, 2.05) is 25.1 Å². The van der Waals surface area contributed by atoms with Crippen molar-refractivity contribution in [1.29, 1.82) is 0 Å². The minimum absolute atomic E-state index is 0.180. The van der Waals surface area contributed by atoms with Crippen molar-refractivity contribution in [2.45, 2.75) is 89.6 Å². The molecule has 0 aromatic heterocycles. The van der Waals surface area contributed by atoms with Crippen LogP contribution < -0.4 is 5.32 Å². The van der Waals surface area contributed by atoms with Crippen LogP contribution in [0.25, 0.3) is 0 Å². The molecule has 1 saturated heterocycles. The van der Waals surface area contributed by atoms with Crippen LogP contribution in [0.15, 0.2) is 30.3 Å². The predicted octanol–water partition coefficient (Wildman–Crippen LogP) is 5.02. The Morgan fingerprint density at radius 2 is 1.77 bits per heavy atom. The van der Waals surface area contributed by atoms with Crippen molar-refractivity contribution in [3.63, 3.8) is 0 Å². The number of nitrogens with one attached hydrogen (secondary N) is 1. The molecule has 6 nitrogen and oxygen atoms in total. The van der Waals surface area contributed by atoms with Gasteiger partial charge < -0.3 is 10.1 Å². The van der Waals surface area contributed by atoms with Crippen LogP contribution in [0.1, 0.15) is 76.7 Å². The number of rotatable bonds is 12. The number of β-lactam (4-membered cyclic amide) rings is 1. The van der Waals surface area contributed by atoms with E-state index in [1.54, 1.807) is 0 Å². The topological polar surface area (TPSA) is 67.9 Å². The monoisotopic (exact) mass is 430 g/mol. The smallest absolute Gasteiger partial charge is 0.407 e. The van der Waals surface area contributed by atoms with Crippen LogP contribution in [-0.2, 0) is 20.8 Å². The second-order valence-corrected chi connectivity index (χ2v) is 8.94. The fourth-order valence-electron chi connectivity index (χ4n) is 4.54. The fourth-order valence-corrected chi connectivity index (χ4v) is 4.54. The van der Waals surface area contributed by atoms with Gasteiger partial charge >= 0.3 is 6.09 Å². The molecular weight excluding hydrogens is 392 g/mol. The SMILES string of the molecule is C[C@H]1[C@H](NC(=O)OCCCCC2CCCCC2)C(=O)N1OCCCCc1ccccc1. The van der Waals surface area contributed by atoms with Gasteiger partial charge in [-0.15, -0.1) is 0 Å². The van der Waals surface area contributed by atoms with Crippen LogP contribution in [0.4, 0.5) is 4.79 Å². The molecule has 1 aromatic carbocycles. The highest BCUT2D eigenvalue weighted by atomic mass is 16.7. The maximum Gasteiger partial charge on any atom is 0.407 e. The molecule has 0 radical (unpaired) electrons. The van der Waals surface area contributed by atoms with E-state index >= 15 is 0 Å². The van der Waals surface area contributed by atoms with E-state index in [9.17, 15) is 9.59 Å². The highest BCUT2D eigenvalue weighted by molar-refractivity contribution is 5.91. The molecule has 2 fully saturated rings. The van der Waals surface area contributed by atoms with Crippen molar-refractivity contribution >= 4 is 12.0 Å². The van der Waals surface area contributed by atoms with Gasteiger partial charge in [0.05, 0.1) is 19.3 Å². The zero-order valence-corrected chi connectivity index (χ0v) is 18.9. The number of amides is 2. The molecule has 3 rings (SSSR count). The van der Waals surface area contributed by atoms with E-state index in [2.05, 4.69) is 17.4 Å². The second kappa shape index (κ2) is 12.7. The number of unbranched alkanes of at least 4 members (excludes halogenated alkanes) is 2. The van der Waals surface area contributed by atoms with Gasteiger partial charge in [-0.05, 0) is 50.5 Å². The van der Waals surface area contributed by atoms with Crippen LogP contribution in [0.2, 0.25) is 0 Å². The van der Waals surface area contributed by atoms with E-state index in [4.69, 9.17) is 9.57 Å². The summed E-state index contributed by atoms with van der Waals surface area (Å²) in [6.45, 7) is 2.79. The number of nitrogens with zero attached hydrogens (tertiary/aromatic N) is 1. The third kappa shape index (κ3) is 7.53. The first-order chi connectivity index (χ1) is 15.1. The van der Waals surface area contributed by atoms with Crippen molar-refractivity contribution in [3.05, 3.63) is 35.9 Å². The van der Waals surface area contributed by atoms with E-state index in [-0.39, 0.29) is 11.9 Å². The molecule has 1 aliphatic heterocycles. The first-order valence-electron chi connectivity index (χ1n) is 12.1. The standard InChI is InChI=1S/C25H38N2O4/c1-20-23(26-25(29)30-18-10-8-16-21-12-4-2-5-13-21)24(28)27(20)31-19-11-9-17-22-14-6-3-7-15-22/h3,6-7,14-15,20-21,23H,2,4-5,8-13,16-19H2,1H3,(H,26,29)/t20-,23-/m0/s1. The first-order valence-corrected chi connectivity index (χ1v) is 12.1. The number of carbonyl (C=O) groups excluding carboxylic acids is 2. The lowest BCUT2D eigenvalue weighted by Gasteiger charge is -2.43. The Morgan fingerprint density at radius 1 is 1.03 bits per heavy atom. The molecule has 1 heterocycles. The molecule has 1 aromatic rings. The van der Waals surface area contributed by atoms with Gasteiger partial charge in [-0.1, -0.05) is 68.9 Å². The van der Waals surface area contributed by atoms with Gasteiger partial charge in [-0.2, -0.15) is 0 Å². The Balaban J connectivity index is 1.21. The maximum absolute atomic E-state index is 12.3. The summed E-state index contributed by atoms with van der Waals surface area (Å²) in [7, 11) is 0. The molecule has 0 unspecified atom stereocenters. The van der Waals surface area contributed by atoms with Crippen molar-refractivity contribution in [1.82, 2.24) is 10.4 Å². The third-order valence-electron chi connectivity index (χ3n) is 6.51. The highest BCUT2D eigenvalue weighted by Crippen LogP contribution is 2.27. The number of ether oxygens (including phenoxy) is 1. The van der Waals surface area contributed by atoms with Gasteiger partial charge in [-0.25, -0.2) is 9.86 Å². The average molecular weight is 431 g/mol. The van der Waals surface area contributed by atoms with E-state index in [0.717, 1.165) is 38.0 Å². The first kappa shape index (κ1) is 23.6. The lowest BCUT2D eigenvalue weighted by atomic mass is 9.86. The minimum Gasteiger partial charge on any atom is -0.450 e. The molecule has 2 atom stereocenters. The summed E-state index contributed by atoms with van der Waals surface area (Å²) in [5.41, 5.74) is 1.31. The Bertz CT molecular complexity index is 675. The lowest BCUT2D eigenvalue weighted by molar-refractivity contribution is -0.232. The van der Waals surface area contributed by atoms with Crippen LogP contribution in [0.5, 0.6) is 0 Å². The van der Waals surface area contributed by atoms with E-state index in [1.165, 1.54) is 49.2 Å². The molecule has 172 valence electrons. The van der Waals surface area contributed by atoms with Crippen LogP contribution in [0.3, 0.4) is 0 Å². The van der Waals surface area contributed by atoms with E-state index < -0.39 is 12.1 Å². The third-order valence-corrected chi connectivity index (χ3v) is 6.51. The molecule has 31 heavy (non-hydrogen) atoms. The van der Waals surface area contributed by atoms with Gasteiger partial charge in [0.25, 0.3) is 5.91 Å². The molecular formula is C25H38N2O4. The van der Waals surface area contributed by atoms with Crippen molar-refractivity contribution < 1.29 is 19.2 Å². The summed E-state index contributed by atoms with van der Waals surface area (Å²) >= 11 is 0. The Morgan fingerprint density at radius 3 is 2.52 bits per heavy atom. The molecule has 0 bridgehead atoms. The van der Waals surface area contributed by atoms with Gasteiger partial charge in [0.15, 0.2) is 0 Å². The minimum atomic E-state index is -0.556.